The molecule has 4 aromatic carbocycles. The SMILES string of the molecule is Br.CC(C)(O/N=C(\C(=O)C[C@@H]1C(=O)N2C(C(=O)O)=C(C=Cc3ccc(CCl)cc3)CS[C@H]12)c1csc(N)n1)C(=O)O.CC(C)(O/N=C(\C(=O)C[C@@H]1C(=O)N2C(C(=O)O)=C(C=Cc3ccc(C[N+]4(C)Cc5cc(O)c(O)c(Cl)c5C4)cc3)CS[C@H]12)c1csc(N)n1)C(=O)O.C[NH+]1Cc2cc(O)c(O)c(Cl)c2C1. The molecule has 560 valence electrons. The third-order valence-electron chi connectivity index (χ3n) is 17.8. The lowest BCUT2D eigenvalue weighted by atomic mass is 9.89. The second-order valence-electron chi connectivity index (χ2n) is 26.6. The molecular weight excluding hydrogens is 1580 g/mol. The number of fused-ring (bicyclic) bond motifs is 4. The number of nitrogens with zero attached hydrogens (tertiary/aromatic N) is 7. The molecule has 2 unspecified atom stereocenters. The van der Waals surface area contributed by atoms with Crippen LogP contribution in [0.1, 0.15) is 96.4 Å². The normalized spacial score (nSPS) is 20.4. The summed E-state index contributed by atoms with van der Waals surface area (Å²) in [6.45, 7) is 8.61. The number of alkyl halides is 1. The molecule has 6 aliphatic heterocycles. The van der Waals surface area contributed by atoms with Crippen LogP contribution in [0, 0.1) is 11.8 Å². The molecule has 12 rings (SSSR count). The number of hydrogen-bond donors (Lipinski definition) is 11. The molecule has 6 atom stereocenters. The standard InChI is InChI=1S/C35H34ClN5O9S2.C26H25ClN4O7S2.C9H10ClNO2.BrH/c1-35(2,33(48)49)50-39-27(23-16-52-34(37)38-23)24(42)11-21-30(45)40-28(32(46)47)19(15-51-31(21)40)9-8-17-4-6-18(7-5-17)12-41(3)13-20-10-25(43)29(44)26(36)22(20)14-41;1-26(2,24(36)37)38-30-19(17-12-40-25(28)29-17)18(32)9-16-21(33)31-20(23(34)35)15(11-39-22(16)31)8-7-13-3-5-14(10-27)6-4-13;1-11-3-5-2-7(12)9(13)8(10)6(5)4-11;/h4-10,16,21,31H,11-15H2,1-3H3,(H5-,37,38,39,42,43,44,46,47,48,49);3-8,12,16,22H,9-11H2,1-2H3,(H2,28,29)(H,34,35)(H,36,37);2,12-13H,3-4H2,1H3;1H/p+2/b;8-7?,30-19-;;/t21-,31-,41?;16-,22-;;/m11../s1. The van der Waals surface area contributed by atoms with Gasteiger partial charge in [0, 0.05) is 68.8 Å². The number of oxime groups is 2. The van der Waals surface area contributed by atoms with Crippen molar-refractivity contribution in [3.63, 3.8) is 0 Å². The number of anilines is 2. The van der Waals surface area contributed by atoms with Gasteiger partial charge in [0.05, 0.1) is 46.7 Å². The van der Waals surface area contributed by atoms with E-state index in [1.54, 1.807) is 36.4 Å². The number of carboxylic acid groups (broad SMARTS) is 4. The predicted octanol–water partition coefficient (Wildman–Crippen LogP) is 9.02. The van der Waals surface area contributed by atoms with Gasteiger partial charge >= 0.3 is 23.9 Å². The van der Waals surface area contributed by atoms with Crippen LogP contribution in [0.4, 0.5) is 10.3 Å². The number of rotatable bonds is 23. The number of carbonyl (C=O) groups excluding carboxylic acids is 4. The Balaban J connectivity index is 0.000000212. The average Bonchev–Trinajstić information content (AvgIpc) is 1.02. The monoisotopic (exact) mass is 1650 g/mol. The summed E-state index contributed by atoms with van der Waals surface area (Å²) < 4.78 is 0.598. The molecule has 0 aliphatic carbocycles. The van der Waals surface area contributed by atoms with Gasteiger partial charge in [-0.05, 0) is 67.7 Å². The molecule has 0 bridgehead atoms. The number of phenols is 4. The van der Waals surface area contributed by atoms with E-state index in [1.165, 1.54) is 76.7 Å². The van der Waals surface area contributed by atoms with E-state index in [0.717, 1.165) is 80.3 Å². The zero-order valence-electron chi connectivity index (χ0n) is 57.2. The first-order valence-corrected chi connectivity index (χ1v) is 37.1. The number of phenolic OH excluding ortho intramolecular Hbond substituents is 4. The number of ketones is 2. The van der Waals surface area contributed by atoms with Crippen LogP contribution in [0.5, 0.6) is 23.0 Å². The summed E-state index contributed by atoms with van der Waals surface area (Å²) in [5.41, 5.74) is 15.5. The fourth-order valence-electron chi connectivity index (χ4n) is 12.1. The highest BCUT2D eigenvalue weighted by Gasteiger charge is 2.56. The number of aromatic hydroxyl groups is 4. The number of aliphatic carboxylic acids is 4. The second-order valence-corrected chi connectivity index (χ2v) is 31.6. The van der Waals surface area contributed by atoms with Gasteiger partial charge in [-0.2, -0.15) is 0 Å². The van der Waals surface area contributed by atoms with Crippen molar-refractivity contribution in [2.45, 2.75) is 101 Å². The number of Topliss-reactive ketones (excluding diaryl/α,β-unsaturated/α-hetero) is 2. The topological polar surface area (TPSA) is 430 Å². The smallest absolute Gasteiger partial charge is 0.352 e. The number of carboxylic acids is 4. The summed E-state index contributed by atoms with van der Waals surface area (Å²) in [4.78, 5) is 123. The summed E-state index contributed by atoms with van der Waals surface area (Å²) in [5.74, 6) is -8.96. The number of nitrogen functional groups attached to an aromatic ring is 2. The van der Waals surface area contributed by atoms with Gasteiger partial charge in [-0.3, -0.25) is 29.0 Å². The molecule has 0 saturated carbocycles. The van der Waals surface area contributed by atoms with Gasteiger partial charge in [0.25, 0.3) is 0 Å². The number of amides is 2. The number of halogens is 4. The number of carbonyl (C=O) groups is 8. The van der Waals surface area contributed by atoms with Crippen molar-refractivity contribution >= 4 is 179 Å². The maximum absolute atomic E-state index is 13.5. The highest BCUT2D eigenvalue weighted by Crippen LogP contribution is 2.49. The molecular formula is C70H72BrCl3N10O18S4+2. The van der Waals surface area contributed by atoms with E-state index in [-0.39, 0.29) is 108 Å². The third kappa shape index (κ3) is 17.7. The van der Waals surface area contributed by atoms with E-state index in [0.29, 0.717) is 51.9 Å². The van der Waals surface area contributed by atoms with Gasteiger partial charge in [0.1, 0.15) is 55.5 Å². The molecule has 13 N–H and O–H groups in total. The third-order valence-corrected chi connectivity index (χ3v) is 23.0. The number of thioether (sulfide) groups is 2. The number of allylic oxidation sites excluding steroid dienone is 2. The Morgan fingerprint density at radius 3 is 1.45 bits per heavy atom. The number of hydrogen-bond acceptors (Lipinski definition) is 24. The minimum absolute atomic E-state index is 0. The first-order valence-electron chi connectivity index (χ1n) is 32.0. The molecule has 6 aromatic rings. The van der Waals surface area contributed by atoms with Crippen LogP contribution < -0.4 is 16.4 Å². The summed E-state index contributed by atoms with van der Waals surface area (Å²) in [7, 11) is 4.12. The fourth-order valence-corrected chi connectivity index (χ4v) is 16.7. The number of quaternary nitrogens is 2. The van der Waals surface area contributed by atoms with Crippen LogP contribution in [-0.4, -0.2) is 171 Å². The van der Waals surface area contributed by atoms with E-state index < -0.39 is 81.0 Å². The van der Waals surface area contributed by atoms with E-state index >= 15 is 0 Å². The molecule has 28 nitrogen and oxygen atoms in total. The first-order chi connectivity index (χ1) is 49.5. The van der Waals surface area contributed by atoms with E-state index in [2.05, 4.69) is 27.3 Å². The van der Waals surface area contributed by atoms with Gasteiger partial charge in [0.2, 0.25) is 23.0 Å². The average molecular weight is 1660 g/mol. The highest BCUT2D eigenvalue weighted by atomic mass is 79.9. The number of nitrogens with two attached hydrogens (primary N) is 2. The lowest BCUT2D eigenvalue weighted by Gasteiger charge is -2.49. The summed E-state index contributed by atoms with van der Waals surface area (Å²) >= 11 is 22.8. The fraction of sp³-hybridized carbons (Fsp3) is 0.314. The van der Waals surface area contributed by atoms with Crippen molar-refractivity contribution in [2.75, 3.05) is 37.1 Å². The van der Waals surface area contributed by atoms with Crippen molar-refractivity contribution < 1.29 is 98.3 Å². The number of benzene rings is 4. The van der Waals surface area contributed by atoms with Crippen LogP contribution in [-0.2, 0) is 86.6 Å². The Kier molecular flexibility index (Phi) is 25.2. The van der Waals surface area contributed by atoms with Crippen LogP contribution in [0.2, 0.25) is 10.0 Å². The van der Waals surface area contributed by atoms with E-state index in [4.69, 9.17) is 55.9 Å². The zero-order chi connectivity index (χ0) is 76.5. The lowest BCUT2D eigenvalue weighted by Crippen LogP contribution is -3.04. The van der Waals surface area contributed by atoms with E-state index in [9.17, 15) is 79.2 Å². The highest BCUT2D eigenvalue weighted by molar-refractivity contribution is 8.93. The lowest BCUT2D eigenvalue weighted by molar-refractivity contribution is -0.941. The maximum Gasteiger partial charge on any atom is 0.352 e. The second kappa shape index (κ2) is 33.0. The largest absolute Gasteiger partial charge is 0.504 e. The Labute approximate surface area is 647 Å². The van der Waals surface area contributed by atoms with E-state index in [1.807, 2.05) is 55.6 Å². The number of nitrogens with one attached hydrogen (secondary N) is 1. The molecule has 36 heteroatoms. The van der Waals surface area contributed by atoms with Crippen molar-refractivity contribution in [3.8, 4) is 23.0 Å². The Morgan fingerprint density at radius 2 is 1.06 bits per heavy atom. The minimum Gasteiger partial charge on any atom is -0.504 e. The molecule has 8 heterocycles. The summed E-state index contributed by atoms with van der Waals surface area (Å²) in [6.07, 6.45) is 6.27. The van der Waals surface area contributed by atoms with Gasteiger partial charge in [0.15, 0.2) is 56.3 Å². The molecule has 2 aromatic heterocycles. The molecule has 106 heavy (non-hydrogen) atoms. The quantitative estimate of drug-likeness (QED) is 0.00711. The molecule has 0 radical (unpaired) electrons. The maximum atomic E-state index is 13.5. The summed E-state index contributed by atoms with van der Waals surface area (Å²) in [6, 6.07) is 18.4. The summed E-state index contributed by atoms with van der Waals surface area (Å²) in [5, 5.41) is 87.6. The Bertz CT molecular complexity index is 4740. The van der Waals surface area contributed by atoms with Crippen molar-refractivity contribution in [3.05, 3.63) is 172 Å². The van der Waals surface area contributed by atoms with Crippen LogP contribution in [0.25, 0.3) is 12.2 Å². The molecule has 2 fully saturated rings. The minimum atomic E-state index is -1.75. The van der Waals surface area contributed by atoms with Gasteiger partial charge in [-0.1, -0.05) is 106 Å². The molecule has 0 spiro atoms. The predicted molar refractivity (Wildman–Crippen MR) is 405 cm³/mol. The van der Waals surface area contributed by atoms with Crippen molar-refractivity contribution in [1.82, 2.24) is 19.8 Å². The number of β-lactam (4-membered cyclic amide) rings is 2. The number of aromatic nitrogens is 2. The van der Waals surface area contributed by atoms with Gasteiger partial charge in [-0.25, -0.2) is 29.1 Å². The van der Waals surface area contributed by atoms with Gasteiger partial charge < -0.3 is 71.4 Å². The molecule has 2 amide bonds. The first kappa shape index (κ1) is 81.1. The Morgan fingerprint density at radius 1 is 0.642 bits per heavy atom. The number of thiazole rings is 2. The van der Waals surface area contributed by atoms with Gasteiger partial charge in [-0.15, -0.1) is 74.8 Å². The molecule has 6 aliphatic rings. The van der Waals surface area contributed by atoms with Crippen LogP contribution in [0.3, 0.4) is 0 Å². The van der Waals surface area contributed by atoms with Crippen LogP contribution >= 0.6 is 98.0 Å². The van der Waals surface area contributed by atoms with Crippen molar-refractivity contribution in [1.29, 1.82) is 0 Å². The van der Waals surface area contributed by atoms with Crippen molar-refractivity contribution in [2.24, 2.45) is 22.1 Å². The zero-order valence-corrected chi connectivity index (χ0v) is 64.5. The Hall–Kier alpha value is -9.03. The van der Waals surface area contributed by atoms with Crippen LogP contribution in [0.15, 0.2) is 116 Å². The molecule has 2 saturated heterocycles.